The lowest BCUT2D eigenvalue weighted by Gasteiger charge is -2.28. The molecule has 1 aliphatic heterocycles. The molecule has 0 aliphatic carbocycles. The quantitative estimate of drug-likeness (QED) is 0.860. The highest BCUT2D eigenvalue weighted by Gasteiger charge is 2.15. The number of hydrogen-bond acceptors (Lipinski definition) is 3. The second-order valence-corrected chi connectivity index (χ2v) is 5.01. The van der Waals surface area contributed by atoms with Crippen LogP contribution in [0, 0.1) is 0 Å². The Morgan fingerprint density at radius 2 is 1.95 bits per heavy atom. The normalized spacial score (nSPS) is 18.8. The number of benzene rings is 1. The zero-order valence-corrected chi connectivity index (χ0v) is 10.9. The monoisotopic (exact) mass is 259 g/mol. The fourth-order valence-corrected chi connectivity index (χ4v) is 2.57. The maximum absolute atomic E-state index is 10.2. The number of rotatable bonds is 4. The van der Waals surface area contributed by atoms with Crippen LogP contribution >= 0.6 is 0 Å². The molecule has 3 rings (SSSR count). The van der Waals surface area contributed by atoms with Gasteiger partial charge in [0.25, 0.3) is 0 Å². The molecule has 1 aliphatic rings. The lowest BCUT2D eigenvalue weighted by atomic mass is 10.2. The summed E-state index contributed by atoms with van der Waals surface area (Å²) in [4.78, 5) is 6.62. The predicted octanol–water partition coefficient (Wildman–Crippen LogP) is 0.317. The van der Waals surface area contributed by atoms with Crippen LogP contribution in [0.2, 0.25) is 0 Å². The number of nitrogens with zero attached hydrogens (tertiary/aromatic N) is 4. The third-order valence-corrected chi connectivity index (χ3v) is 3.55. The Morgan fingerprint density at radius 3 is 2.79 bits per heavy atom. The van der Waals surface area contributed by atoms with Gasteiger partial charge in [-0.3, -0.25) is 4.90 Å². The molecule has 1 fully saturated rings. The molecule has 1 radical (unpaired) electrons. The van der Waals surface area contributed by atoms with Crippen LogP contribution in [-0.4, -0.2) is 58.4 Å². The van der Waals surface area contributed by atoms with Gasteiger partial charge in [0.05, 0.1) is 30.0 Å². The topological polar surface area (TPSA) is 55.4 Å². The summed E-state index contributed by atoms with van der Waals surface area (Å²) in [5, 5.41) is 14.5. The molecule has 0 spiro atoms. The van der Waals surface area contributed by atoms with Gasteiger partial charge in [-0.15, -0.1) is 0 Å². The summed E-state index contributed by atoms with van der Waals surface area (Å²) in [5.74, 6) is 0. The van der Waals surface area contributed by atoms with Crippen LogP contribution in [0.25, 0.3) is 11.0 Å². The van der Waals surface area contributed by atoms with Crippen molar-refractivity contribution >= 4 is 11.0 Å². The van der Waals surface area contributed by atoms with Gasteiger partial charge < -0.3 is 9.67 Å². The van der Waals surface area contributed by atoms with Gasteiger partial charge in [0.2, 0.25) is 0 Å². The molecule has 0 amide bonds. The number of aliphatic hydroxyl groups excluding tert-OH is 1. The minimum atomic E-state index is -0.365. The second-order valence-electron chi connectivity index (χ2n) is 5.01. The molecule has 0 saturated carbocycles. The zero-order chi connectivity index (χ0) is 13.1. The number of para-hydroxylation sites is 2. The number of aliphatic hydroxyl groups is 1. The molecule has 101 valence electrons. The smallest absolute Gasteiger partial charge is 0.0959 e. The first-order chi connectivity index (χ1) is 9.33. The van der Waals surface area contributed by atoms with E-state index >= 15 is 0 Å². The Hall–Kier alpha value is -1.43. The number of fused-ring (bicyclic) bond motifs is 1. The molecular weight excluding hydrogens is 240 g/mol. The van der Waals surface area contributed by atoms with Gasteiger partial charge in [-0.25, -0.2) is 10.3 Å². The van der Waals surface area contributed by atoms with E-state index < -0.39 is 0 Å². The summed E-state index contributed by atoms with van der Waals surface area (Å²) in [6, 6.07) is 8.01. The van der Waals surface area contributed by atoms with Crippen molar-refractivity contribution in [1.82, 2.24) is 19.8 Å². The predicted molar refractivity (Wildman–Crippen MR) is 74.0 cm³/mol. The molecule has 1 unspecified atom stereocenters. The van der Waals surface area contributed by atoms with Crippen LogP contribution in [-0.2, 0) is 6.54 Å². The molecule has 0 bridgehead atoms. The molecule has 1 saturated heterocycles. The van der Waals surface area contributed by atoms with Crippen LogP contribution in [0.4, 0.5) is 0 Å². The standard InChI is InChI=1S/C14H19N4O/c19-12(9-17-7-5-15-6-8-17)10-18-11-16-13-3-1-2-4-14(13)18/h1-4,11-12,19H,5-10H2. The van der Waals surface area contributed by atoms with Crippen molar-refractivity contribution < 1.29 is 5.11 Å². The van der Waals surface area contributed by atoms with E-state index in [0.29, 0.717) is 13.1 Å². The van der Waals surface area contributed by atoms with E-state index in [9.17, 15) is 5.11 Å². The SMILES string of the molecule is OC(CN1CC[N]CC1)Cn1cnc2ccccc21. The van der Waals surface area contributed by atoms with Crippen LogP contribution in [0.1, 0.15) is 0 Å². The van der Waals surface area contributed by atoms with E-state index in [-0.39, 0.29) is 6.10 Å². The number of β-amino-alcohol motifs (C(OH)–C–C–N with tert-alkyl or cyclic N) is 1. The zero-order valence-electron chi connectivity index (χ0n) is 10.9. The van der Waals surface area contributed by atoms with E-state index in [2.05, 4.69) is 15.2 Å². The Morgan fingerprint density at radius 1 is 1.16 bits per heavy atom. The largest absolute Gasteiger partial charge is 0.390 e. The summed E-state index contributed by atoms with van der Waals surface area (Å²) in [7, 11) is 0. The first-order valence-corrected chi connectivity index (χ1v) is 6.76. The molecule has 5 heteroatoms. The molecule has 2 heterocycles. The third kappa shape index (κ3) is 2.94. The van der Waals surface area contributed by atoms with Crippen LogP contribution in [0.5, 0.6) is 0 Å². The summed E-state index contributed by atoms with van der Waals surface area (Å²) >= 11 is 0. The minimum absolute atomic E-state index is 0.365. The van der Waals surface area contributed by atoms with Crippen LogP contribution < -0.4 is 5.32 Å². The first kappa shape index (κ1) is 12.6. The Kier molecular flexibility index (Phi) is 3.77. The van der Waals surface area contributed by atoms with Crippen molar-refractivity contribution in [1.29, 1.82) is 0 Å². The average Bonchev–Trinajstić information content (AvgIpc) is 2.83. The molecule has 5 nitrogen and oxygen atoms in total. The summed E-state index contributed by atoms with van der Waals surface area (Å²) in [5.41, 5.74) is 2.06. The highest BCUT2D eigenvalue weighted by Crippen LogP contribution is 2.12. The Labute approximate surface area is 112 Å². The average molecular weight is 259 g/mol. The van der Waals surface area contributed by atoms with E-state index in [1.165, 1.54) is 0 Å². The lowest BCUT2D eigenvalue weighted by molar-refractivity contribution is 0.0921. The second kappa shape index (κ2) is 5.69. The van der Waals surface area contributed by atoms with Gasteiger partial charge in [-0.05, 0) is 12.1 Å². The van der Waals surface area contributed by atoms with Gasteiger partial charge in [0, 0.05) is 32.7 Å². The minimum Gasteiger partial charge on any atom is -0.390 e. The van der Waals surface area contributed by atoms with E-state index in [0.717, 1.165) is 37.2 Å². The third-order valence-electron chi connectivity index (χ3n) is 3.55. The number of piperazine rings is 1. The fraction of sp³-hybridized carbons (Fsp3) is 0.500. The van der Waals surface area contributed by atoms with E-state index in [1.807, 2.05) is 28.8 Å². The molecule has 1 aromatic carbocycles. The van der Waals surface area contributed by atoms with Gasteiger partial charge in [0.15, 0.2) is 0 Å². The van der Waals surface area contributed by atoms with E-state index in [1.54, 1.807) is 6.33 Å². The van der Waals surface area contributed by atoms with Crippen LogP contribution in [0.3, 0.4) is 0 Å². The van der Waals surface area contributed by atoms with Gasteiger partial charge in [-0.2, -0.15) is 0 Å². The number of imidazole rings is 1. The summed E-state index contributed by atoms with van der Waals surface area (Å²) in [6.45, 7) is 5.00. The number of hydrogen-bond donors (Lipinski definition) is 1. The van der Waals surface area contributed by atoms with Crippen molar-refractivity contribution in [2.75, 3.05) is 32.7 Å². The van der Waals surface area contributed by atoms with Gasteiger partial charge in [0.1, 0.15) is 0 Å². The lowest BCUT2D eigenvalue weighted by Crippen LogP contribution is -2.44. The molecule has 19 heavy (non-hydrogen) atoms. The molecule has 1 N–H and O–H groups in total. The van der Waals surface area contributed by atoms with Crippen molar-refractivity contribution in [2.45, 2.75) is 12.6 Å². The maximum atomic E-state index is 10.2. The summed E-state index contributed by atoms with van der Waals surface area (Å²) < 4.78 is 2.02. The van der Waals surface area contributed by atoms with Crippen molar-refractivity contribution in [2.24, 2.45) is 0 Å². The first-order valence-electron chi connectivity index (χ1n) is 6.76. The highest BCUT2D eigenvalue weighted by molar-refractivity contribution is 5.74. The molecule has 1 atom stereocenters. The molecular formula is C14H19N4O. The highest BCUT2D eigenvalue weighted by atomic mass is 16.3. The Bertz CT molecular complexity index is 533. The van der Waals surface area contributed by atoms with Crippen LogP contribution in [0.15, 0.2) is 30.6 Å². The van der Waals surface area contributed by atoms with Gasteiger partial charge >= 0.3 is 0 Å². The van der Waals surface area contributed by atoms with Crippen molar-refractivity contribution in [3.05, 3.63) is 30.6 Å². The summed E-state index contributed by atoms with van der Waals surface area (Å²) in [6.07, 6.45) is 1.44. The fourth-order valence-electron chi connectivity index (χ4n) is 2.57. The van der Waals surface area contributed by atoms with Crippen molar-refractivity contribution in [3.63, 3.8) is 0 Å². The number of aromatic nitrogens is 2. The van der Waals surface area contributed by atoms with Gasteiger partial charge in [-0.1, -0.05) is 12.1 Å². The van der Waals surface area contributed by atoms with Crippen molar-refractivity contribution in [3.8, 4) is 0 Å². The van der Waals surface area contributed by atoms with E-state index in [4.69, 9.17) is 0 Å². The maximum Gasteiger partial charge on any atom is 0.0959 e. The Balaban J connectivity index is 1.63. The molecule has 1 aromatic heterocycles. The molecule has 2 aromatic rings.